The van der Waals surface area contributed by atoms with Crippen molar-refractivity contribution in [3.8, 4) is 0 Å². The quantitative estimate of drug-likeness (QED) is 0.525. The lowest BCUT2D eigenvalue weighted by molar-refractivity contribution is -0.153. The number of thioether (sulfide) groups is 2. The van der Waals surface area contributed by atoms with Crippen LogP contribution in [0, 0.1) is 0 Å². The van der Waals surface area contributed by atoms with Crippen LogP contribution >= 0.6 is 23.5 Å². The van der Waals surface area contributed by atoms with Gasteiger partial charge in [-0.2, -0.15) is 11.8 Å². The van der Waals surface area contributed by atoms with Gasteiger partial charge in [-0.15, -0.1) is 11.8 Å². The third-order valence-corrected chi connectivity index (χ3v) is 7.25. The standard InChI is InChI=1S/C17H22N2O4S2/c18-15(11-4-2-1-3-5-11)23-16(22)14-17(6-8-24-9-7-17)25-12(19-14)10-13(20)21/h1-5,12,14-15,19H,6-10,18H2,(H,20,21). The molecule has 2 saturated heterocycles. The van der Waals surface area contributed by atoms with Gasteiger partial charge in [-0.25, -0.2) is 0 Å². The van der Waals surface area contributed by atoms with Gasteiger partial charge >= 0.3 is 11.9 Å². The van der Waals surface area contributed by atoms with Crippen molar-refractivity contribution in [2.24, 2.45) is 5.73 Å². The minimum Gasteiger partial charge on any atom is -0.481 e. The van der Waals surface area contributed by atoms with Crippen LogP contribution in [0.2, 0.25) is 0 Å². The third kappa shape index (κ3) is 4.31. The molecule has 8 heteroatoms. The Kier molecular flexibility index (Phi) is 5.93. The van der Waals surface area contributed by atoms with E-state index in [0.717, 1.165) is 29.9 Å². The molecule has 25 heavy (non-hydrogen) atoms. The highest BCUT2D eigenvalue weighted by Gasteiger charge is 2.53. The van der Waals surface area contributed by atoms with Gasteiger partial charge in [-0.1, -0.05) is 30.3 Å². The normalized spacial score (nSPS) is 26.3. The molecule has 0 aliphatic carbocycles. The molecule has 0 saturated carbocycles. The van der Waals surface area contributed by atoms with Crippen LogP contribution in [-0.2, 0) is 14.3 Å². The lowest BCUT2D eigenvalue weighted by Gasteiger charge is -2.36. The first-order valence-electron chi connectivity index (χ1n) is 8.25. The zero-order valence-corrected chi connectivity index (χ0v) is 15.4. The van der Waals surface area contributed by atoms with Gasteiger partial charge < -0.3 is 9.84 Å². The van der Waals surface area contributed by atoms with Crippen LogP contribution in [0.1, 0.15) is 31.1 Å². The third-order valence-electron chi connectivity index (χ3n) is 4.56. The van der Waals surface area contributed by atoms with E-state index in [1.807, 2.05) is 42.1 Å². The highest BCUT2D eigenvalue weighted by atomic mass is 32.2. The molecule has 1 aromatic carbocycles. The number of ether oxygens (including phenoxy) is 1. The van der Waals surface area contributed by atoms with Crippen molar-refractivity contribution in [2.45, 2.75) is 41.7 Å². The molecule has 3 rings (SSSR count). The lowest BCUT2D eigenvalue weighted by atomic mass is 9.92. The van der Waals surface area contributed by atoms with Crippen molar-refractivity contribution in [1.82, 2.24) is 5.32 Å². The van der Waals surface area contributed by atoms with Gasteiger partial charge in [-0.3, -0.25) is 20.6 Å². The first-order chi connectivity index (χ1) is 12.0. The van der Waals surface area contributed by atoms with Crippen molar-refractivity contribution in [3.05, 3.63) is 35.9 Å². The lowest BCUT2D eigenvalue weighted by Crippen LogP contribution is -2.51. The number of aliphatic carboxylic acids is 1. The highest BCUT2D eigenvalue weighted by Crippen LogP contribution is 2.48. The van der Waals surface area contributed by atoms with Crippen molar-refractivity contribution in [3.63, 3.8) is 0 Å². The second kappa shape index (κ2) is 7.99. The van der Waals surface area contributed by atoms with Crippen LogP contribution in [0.25, 0.3) is 0 Å². The molecule has 2 aliphatic heterocycles. The largest absolute Gasteiger partial charge is 0.481 e. The number of carboxylic acid groups (broad SMARTS) is 1. The summed E-state index contributed by atoms with van der Waals surface area (Å²) in [6.07, 6.45) is 0.861. The van der Waals surface area contributed by atoms with Gasteiger partial charge in [0, 0.05) is 10.3 Å². The Morgan fingerprint density at radius 2 is 2.00 bits per heavy atom. The fourth-order valence-electron chi connectivity index (χ4n) is 3.29. The SMILES string of the molecule is NC(OC(=O)C1NC(CC(=O)O)SC12CCSCC2)c1ccccc1. The van der Waals surface area contributed by atoms with Crippen LogP contribution in [0.3, 0.4) is 0 Å². The molecule has 0 radical (unpaired) electrons. The summed E-state index contributed by atoms with van der Waals surface area (Å²) in [7, 11) is 0. The number of benzene rings is 1. The van der Waals surface area contributed by atoms with Gasteiger partial charge in [0.1, 0.15) is 6.04 Å². The molecule has 3 atom stereocenters. The van der Waals surface area contributed by atoms with Gasteiger partial charge in [0.2, 0.25) is 0 Å². The number of hydrogen-bond donors (Lipinski definition) is 3. The zero-order valence-electron chi connectivity index (χ0n) is 13.7. The van der Waals surface area contributed by atoms with Gasteiger partial charge in [0.05, 0.1) is 11.8 Å². The van der Waals surface area contributed by atoms with E-state index in [1.54, 1.807) is 11.8 Å². The van der Waals surface area contributed by atoms with Crippen molar-refractivity contribution in [2.75, 3.05) is 11.5 Å². The van der Waals surface area contributed by atoms with Crippen LogP contribution in [0.5, 0.6) is 0 Å². The van der Waals surface area contributed by atoms with Crippen LogP contribution in [0.4, 0.5) is 0 Å². The molecule has 4 N–H and O–H groups in total. The number of carbonyl (C=O) groups excluding carboxylic acids is 1. The Bertz CT molecular complexity index is 622. The van der Waals surface area contributed by atoms with E-state index in [0.29, 0.717) is 0 Å². The molecule has 136 valence electrons. The summed E-state index contributed by atoms with van der Waals surface area (Å²) in [5.41, 5.74) is 6.75. The molecule has 1 spiro atoms. The van der Waals surface area contributed by atoms with Crippen LogP contribution in [0.15, 0.2) is 30.3 Å². The summed E-state index contributed by atoms with van der Waals surface area (Å²) in [6, 6.07) is 8.66. The Morgan fingerprint density at radius 1 is 1.32 bits per heavy atom. The average Bonchev–Trinajstić information content (AvgIpc) is 2.93. The van der Waals surface area contributed by atoms with E-state index in [-0.39, 0.29) is 16.5 Å². The Balaban J connectivity index is 1.72. The minimum atomic E-state index is -0.875. The Labute approximate surface area is 155 Å². The zero-order chi connectivity index (χ0) is 17.9. The van der Waals surface area contributed by atoms with Gasteiger partial charge in [0.15, 0.2) is 6.23 Å². The predicted octanol–water partition coefficient (Wildman–Crippen LogP) is 1.96. The van der Waals surface area contributed by atoms with E-state index >= 15 is 0 Å². The maximum absolute atomic E-state index is 12.8. The first kappa shape index (κ1) is 18.6. The molecule has 0 bridgehead atoms. The summed E-state index contributed by atoms with van der Waals surface area (Å²) in [4.78, 5) is 23.9. The molecule has 6 nitrogen and oxygen atoms in total. The Morgan fingerprint density at radius 3 is 2.64 bits per heavy atom. The highest BCUT2D eigenvalue weighted by molar-refractivity contribution is 8.02. The van der Waals surface area contributed by atoms with Crippen molar-refractivity contribution < 1.29 is 19.4 Å². The molecule has 2 fully saturated rings. The topological polar surface area (TPSA) is 102 Å². The molecular formula is C17H22N2O4S2. The second-order valence-corrected chi connectivity index (χ2v) is 9.09. The number of esters is 1. The van der Waals surface area contributed by atoms with Crippen LogP contribution < -0.4 is 11.1 Å². The Hall–Kier alpha value is -1.22. The molecule has 3 unspecified atom stereocenters. The molecular weight excluding hydrogens is 360 g/mol. The van der Waals surface area contributed by atoms with Crippen molar-refractivity contribution >= 4 is 35.5 Å². The van der Waals surface area contributed by atoms with E-state index < -0.39 is 24.2 Å². The fraction of sp³-hybridized carbons (Fsp3) is 0.529. The summed E-state index contributed by atoms with van der Waals surface area (Å²) >= 11 is 3.44. The maximum atomic E-state index is 12.8. The van der Waals surface area contributed by atoms with Crippen LogP contribution in [-0.4, -0.2) is 44.7 Å². The second-order valence-electron chi connectivity index (χ2n) is 6.25. The summed E-state index contributed by atoms with van der Waals surface area (Å²) in [5, 5.41) is 12.0. The van der Waals surface area contributed by atoms with E-state index in [2.05, 4.69) is 5.32 Å². The minimum absolute atomic E-state index is 0.0198. The summed E-state index contributed by atoms with van der Waals surface area (Å²) in [6.45, 7) is 0. The molecule has 0 aromatic heterocycles. The number of rotatable bonds is 5. The van der Waals surface area contributed by atoms with Gasteiger partial charge in [-0.05, 0) is 24.3 Å². The van der Waals surface area contributed by atoms with Crippen molar-refractivity contribution in [1.29, 1.82) is 0 Å². The van der Waals surface area contributed by atoms with E-state index in [9.17, 15) is 9.59 Å². The number of carboxylic acids is 1. The van der Waals surface area contributed by atoms with E-state index in [1.165, 1.54) is 0 Å². The van der Waals surface area contributed by atoms with E-state index in [4.69, 9.17) is 15.6 Å². The fourth-order valence-corrected chi connectivity index (χ4v) is 6.51. The molecule has 0 amide bonds. The first-order valence-corrected chi connectivity index (χ1v) is 10.3. The molecule has 2 heterocycles. The predicted molar refractivity (Wildman–Crippen MR) is 99.3 cm³/mol. The average molecular weight is 383 g/mol. The monoisotopic (exact) mass is 382 g/mol. The molecule has 1 aromatic rings. The number of nitrogens with one attached hydrogen (secondary N) is 1. The smallest absolute Gasteiger partial charge is 0.326 e. The number of nitrogens with two attached hydrogens (primary N) is 1. The van der Waals surface area contributed by atoms with Gasteiger partial charge in [0.25, 0.3) is 0 Å². The number of carbonyl (C=O) groups is 2. The number of hydrogen-bond acceptors (Lipinski definition) is 7. The molecule has 2 aliphatic rings. The maximum Gasteiger partial charge on any atom is 0.326 e. The summed E-state index contributed by atoms with van der Waals surface area (Å²) in [5.74, 6) is 0.649. The summed E-state index contributed by atoms with van der Waals surface area (Å²) < 4.78 is 5.20.